The van der Waals surface area contributed by atoms with E-state index in [1.165, 1.54) is 103 Å². The molecule has 9 nitrogen and oxygen atoms in total. The molecule has 0 spiro atoms. The highest BCUT2D eigenvalue weighted by molar-refractivity contribution is 5.76. The Hall–Kier alpha value is -2.37. The van der Waals surface area contributed by atoms with Gasteiger partial charge in [0.25, 0.3) is 0 Å². The third-order valence-corrected chi connectivity index (χ3v) is 11.0. The smallest absolute Gasteiger partial charge is 0.220 e. The summed E-state index contributed by atoms with van der Waals surface area (Å²) in [6.45, 7) is 3.61. The summed E-state index contributed by atoms with van der Waals surface area (Å²) in [6, 6.07) is -0.846. The molecule has 6 N–H and O–H groups in total. The third kappa shape index (κ3) is 30.6. The van der Waals surface area contributed by atoms with Gasteiger partial charge in [-0.1, -0.05) is 183 Å². The van der Waals surface area contributed by atoms with E-state index in [0.717, 1.165) is 57.8 Å². The van der Waals surface area contributed by atoms with Crippen LogP contribution < -0.4 is 5.32 Å². The monoisotopic (exact) mass is 844 g/mol. The Balaban J connectivity index is 2.37. The Labute approximate surface area is 366 Å². The second kappa shape index (κ2) is 40.7. The number of amides is 1. The van der Waals surface area contributed by atoms with E-state index in [4.69, 9.17) is 9.47 Å². The number of ether oxygens (including phenoxy) is 2. The molecule has 0 aromatic rings. The summed E-state index contributed by atoms with van der Waals surface area (Å²) in [5.74, 6) is -0.230. The Morgan fingerprint density at radius 2 is 1.05 bits per heavy atom. The van der Waals surface area contributed by atoms with Crippen LogP contribution in [0.4, 0.5) is 0 Å². The van der Waals surface area contributed by atoms with Gasteiger partial charge in [-0.05, 0) is 70.6 Å². The van der Waals surface area contributed by atoms with Gasteiger partial charge in [-0.25, -0.2) is 0 Å². The molecule has 9 heteroatoms. The topological polar surface area (TPSA) is 149 Å². The van der Waals surface area contributed by atoms with Gasteiger partial charge in [-0.3, -0.25) is 4.79 Å². The number of allylic oxidation sites excluding steroid dienone is 11. The lowest BCUT2D eigenvalue weighted by Gasteiger charge is -2.40. The highest BCUT2D eigenvalue weighted by Crippen LogP contribution is 2.22. The third-order valence-electron chi connectivity index (χ3n) is 11.0. The standard InChI is InChI=1S/C51H89NO8/c1-3-5-7-9-11-13-15-17-19-20-21-22-23-24-25-27-28-30-32-34-36-38-40-45(54)44(43-59-51-50(58)49(57)48(56)46(42-53)60-51)52-47(55)41-39-37-35-33-31-29-26-18-16-14-12-10-8-6-4-2/h6,8,12,14,18,26,30-33,38,40,44-46,48-51,53-54,56-58H,3-5,7,9-11,13,15-17,19-25,27-29,34-37,39,41-43H2,1-2H3,(H,52,55)/b8-6-,14-12-,26-18-,32-30+,33-31-,40-38+. The normalized spacial score (nSPS) is 21.2. The van der Waals surface area contributed by atoms with Gasteiger partial charge in [0.1, 0.15) is 24.4 Å². The Kier molecular flexibility index (Phi) is 37.7. The van der Waals surface area contributed by atoms with Crippen LogP contribution in [0.3, 0.4) is 0 Å². The second-order valence-electron chi connectivity index (χ2n) is 16.5. The molecule has 1 amide bonds. The number of hydrogen-bond donors (Lipinski definition) is 6. The molecular formula is C51H89NO8. The van der Waals surface area contributed by atoms with Crippen LogP contribution in [0, 0.1) is 0 Å². The first-order chi connectivity index (χ1) is 29.3. The van der Waals surface area contributed by atoms with Crippen molar-refractivity contribution in [2.24, 2.45) is 0 Å². The number of carbonyl (C=O) groups excluding carboxylic acids is 1. The number of nitrogens with one attached hydrogen (secondary N) is 1. The summed E-state index contributed by atoms with van der Waals surface area (Å²) < 4.78 is 11.2. The van der Waals surface area contributed by atoms with Gasteiger partial charge in [-0.2, -0.15) is 0 Å². The van der Waals surface area contributed by atoms with Crippen LogP contribution >= 0.6 is 0 Å². The van der Waals surface area contributed by atoms with Crippen LogP contribution in [0.25, 0.3) is 0 Å². The maximum Gasteiger partial charge on any atom is 0.220 e. The molecule has 0 aromatic carbocycles. The minimum Gasteiger partial charge on any atom is -0.394 e. The predicted octanol–water partition coefficient (Wildman–Crippen LogP) is 10.6. The average molecular weight is 844 g/mol. The van der Waals surface area contributed by atoms with Crippen molar-refractivity contribution >= 4 is 5.91 Å². The van der Waals surface area contributed by atoms with Gasteiger partial charge in [-0.15, -0.1) is 0 Å². The number of hydrogen-bond acceptors (Lipinski definition) is 8. The molecule has 1 fully saturated rings. The molecule has 0 aromatic heterocycles. The Morgan fingerprint density at radius 1 is 0.583 bits per heavy atom. The average Bonchev–Trinajstić information content (AvgIpc) is 3.25. The number of unbranched alkanes of at least 4 members (excludes halogenated alkanes) is 19. The van der Waals surface area contributed by atoms with Crippen molar-refractivity contribution in [3.63, 3.8) is 0 Å². The fourth-order valence-electron chi connectivity index (χ4n) is 7.16. The minimum atomic E-state index is -1.58. The van der Waals surface area contributed by atoms with Gasteiger partial charge in [0, 0.05) is 6.42 Å². The summed E-state index contributed by atoms with van der Waals surface area (Å²) in [5, 5.41) is 54.2. The molecule has 0 bridgehead atoms. The molecule has 1 aliphatic heterocycles. The highest BCUT2D eigenvalue weighted by atomic mass is 16.7. The Bertz CT molecular complexity index is 1160. The maximum atomic E-state index is 12.9. The SMILES string of the molecule is CC/C=C\C/C=C\C/C=C\C/C=C\CCCCC(=O)NC(COC1OC(CO)C(O)C(O)C1O)C(O)/C=C/CC/C=C/CCCCCCCCCCCCCCCCCC. The van der Waals surface area contributed by atoms with E-state index in [2.05, 4.69) is 79.9 Å². The zero-order valence-corrected chi connectivity index (χ0v) is 37.9. The van der Waals surface area contributed by atoms with E-state index < -0.39 is 49.5 Å². The van der Waals surface area contributed by atoms with Crippen LogP contribution in [-0.2, 0) is 14.3 Å². The van der Waals surface area contributed by atoms with Gasteiger partial charge in [0.05, 0.1) is 25.4 Å². The van der Waals surface area contributed by atoms with E-state index in [9.17, 15) is 30.3 Å². The summed E-state index contributed by atoms with van der Waals surface area (Å²) in [7, 11) is 0. The van der Waals surface area contributed by atoms with Crippen molar-refractivity contribution in [2.45, 2.75) is 230 Å². The number of carbonyl (C=O) groups is 1. The largest absolute Gasteiger partial charge is 0.394 e. The van der Waals surface area contributed by atoms with E-state index in [0.29, 0.717) is 6.42 Å². The number of rotatable bonds is 39. The quantitative estimate of drug-likeness (QED) is 0.0265. The molecule has 7 unspecified atom stereocenters. The van der Waals surface area contributed by atoms with Crippen LogP contribution in [0.2, 0.25) is 0 Å². The van der Waals surface area contributed by atoms with Crippen molar-refractivity contribution in [2.75, 3.05) is 13.2 Å². The summed E-state index contributed by atoms with van der Waals surface area (Å²) in [4.78, 5) is 12.9. The summed E-state index contributed by atoms with van der Waals surface area (Å²) >= 11 is 0. The van der Waals surface area contributed by atoms with Crippen LogP contribution in [0.15, 0.2) is 72.9 Å². The molecule has 0 radical (unpaired) electrons. The first kappa shape index (κ1) is 55.6. The van der Waals surface area contributed by atoms with Crippen LogP contribution in [0.1, 0.15) is 187 Å². The Morgan fingerprint density at radius 3 is 1.60 bits per heavy atom. The van der Waals surface area contributed by atoms with Gasteiger partial charge in [0.2, 0.25) is 5.91 Å². The van der Waals surface area contributed by atoms with Crippen molar-refractivity contribution in [3.05, 3.63) is 72.9 Å². The zero-order valence-electron chi connectivity index (χ0n) is 37.9. The molecule has 1 aliphatic rings. The van der Waals surface area contributed by atoms with E-state index in [-0.39, 0.29) is 18.9 Å². The lowest BCUT2D eigenvalue weighted by Crippen LogP contribution is -2.60. The molecule has 0 aliphatic carbocycles. The first-order valence-electron chi connectivity index (χ1n) is 24.2. The van der Waals surface area contributed by atoms with E-state index in [1.54, 1.807) is 6.08 Å². The number of aliphatic hydroxyl groups is 5. The fraction of sp³-hybridized carbons (Fsp3) is 0.745. The minimum absolute atomic E-state index is 0.221. The van der Waals surface area contributed by atoms with E-state index in [1.807, 2.05) is 6.08 Å². The highest BCUT2D eigenvalue weighted by Gasteiger charge is 2.44. The molecule has 346 valence electrons. The van der Waals surface area contributed by atoms with Gasteiger partial charge < -0.3 is 40.3 Å². The summed E-state index contributed by atoms with van der Waals surface area (Å²) in [6.07, 6.45) is 48.2. The molecule has 0 saturated carbocycles. The van der Waals surface area contributed by atoms with Crippen molar-refractivity contribution in [1.29, 1.82) is 0 Å². The molecule has 60 heavy (non-hydrogen) atoms. The number of aliphatic hydroxyl groups excluding tert-OH is 5. The van der Waals surface area contributed by atoms with Crippen LogP contribution in [-0.4, -0.2) is 87.5 Å². The molecule has 1 rings (SSSR count). The fourth-order valence-corrected chi connectivity index (χ4v) is 7.16. The lowest BCUT2D eigenvalue weighted by molar-refractivity contribution is -0.302. The summed E-state index contributed by atoms with van der Waals surface area (Å²) in [5.41, 5.74) is 0. The molecule has 1 saturated heterocycles. The van der Waals surface area contributed by atoms with Crippen molar-refractivity contribution < 1.29 is 39.8 Å². The van der Waals surface area contributed by atoms with Crippen molar-refractivity contribution in [1.82, 2.24) is 5.32 Å². The maximum absolute atomic E-state index is 12.9. The lowest BCUT2D eigenvalue weighted by atomic mass is 9.99. The second-order valence-corrected chi connectivity index (χ2v) is 16.5. The van der Waals surface area contributed by atoms with Crippen LogP contribution in [0.5, 0.6) is 0 Å². The van der Waals surface area contributed by atoms with Crippen molar-refractivity contribution in [3.8, 4) is 0 Å². The molecule has 7 atom stereocenters. The van der Waals surface area contributed by atoms with E-state index >= 15 is 0 Å². The molecule has 1 heterocycles. The van der Waals surface area contributed by atoms with Gasteiger partial charge in [0.15, 0.2) is 6.29 Å². The zero-order chi connectivity index (χ0) is 43.7. The predicted molar refractivity (Wildman–Crippen MR) is 249 cm³/mol. The first-order valence-corrected chi connectivity index (χ1v) is 24.2. The molecular weight excluding hydrogens is 755 g/mol. The van der Waals surface area contributed by atoms with Gasteiger partial charge >= 0.3 is 0 Å².